The molecule has 0 radical (unpaired) electrons. The molecule has 0 atom stereocenters. The standard InChI is InChI=1S/C24H29FN4OS/c1-15(2)11-19-13-22(18-5-6-20(25)16(3)12-18)27-29(19)14-24(30)28-9-7-21-23(8-10-28)31-17(4)26-21/h5-6,12-13,15H,7-11,14H2,1-4H3. The normalized spacial score (nSPS) is 14.1. The van der Waals surface area contributed by atoms with Crippen LogP contribution in [0.4, 0.5) is 4.39 Å². The lowest BCUT2D eigenvalue weighted by molar-refractivity contribution is -0.132. The molecule has 1 amide bonds. The summed E-state index contributed by atoms with van der Waals surface area (Å²) >= 11 is 1.74. The molecule has 1 aliphatic heterocycles. The first-order valence-corrected chi connectivity index (χ1v) is 11.7. The molecular formula is C24H29FN4OS. The molecule has 0 saturated heterocycles. The summed E-state index contributed by atoms with van der Waals surface area (Å²) in [6.45, 7) is 9.74. The zero-order valence-electron chi connectivity index (χ0n) is 18.6. The van der Waals surface area contributed by atoms with Gasteiger partial charge in [-0.2, -0.15) is 5.10 Å². The maximum atomic E-state index is 13.7. The zero-order valence-corrected chi connectivity index (χ0v) is 19.4. The summed E-state index contributed by atoms with van der Waals surface area (Å²) in [7, 11) is 0. The summed E-state index contributed by atoms with van der Waals surface area (Å²) in [6, 6.07) is 7.07. The molecule has 164 valence electrons. The second-order valence-corrected chi connectivity index (χ2v) is 10.0. The summed E-state index contributed by atoms with van der Waals surface area (Å²) in [4.78, 5) is 21.0. The zero-order chi connectivity index (χ0) is 22.1. The largest absolute Gasteiger partial charge is 0.340 e. The fraction of sp³-hybridized carbons (Fsp3) is 0.458. The van der Waals surface area contributed by atoms with Crippen LogP contribution in [0, 0.1) is 25.6 Å². The quantitative estimate of drug-likeness (QED) is 0.583. The minimum absolute atomic E-state index is 0.0850. The van der Waals surface area contributed by atoms with Gasteiger partial charge in [-0.25, -0.2) is 9.37 Å². The topological polar surface area (TPSA) is 51.0 Å². The van der Waals surface area contributed by atoms with Crippen molar-refractivity contribution in [3.8, 4) is 11.3 Å². The van der Waals surface area contributed by atoms with E-state index >= 15 is 0 Å². The Morgan fingerprint density at radius 2 is 1.97 bits per heavy atom. The average Bonchev–Trinajstić information content (AvgIpc) is 3.20. The van der Waals surface area contributed by atoms with Gasteiger partial charge < -0.3 is 4.90 Å². The smallest absolute Gasteiger partial charge is 0.244 e. The van der Waals surface area contributed by atoms with Crippen LogP contribution in [0.2, 0.25) is 0 Å². The van der Waals surface area contributed by atoms with Crippen molar-refractivity contribution in [1.82, 2.24) is 19.7 Å². The van der Waals surface area contributed by atoms with Gasteiger partial charge in [0, 0.05) is 42.1 Å². The molecule has 3 heterocycles. The van der Waals surface area contributed by atoms with Gasteiger partial charge >= 0.3 is 0 Å². The van der Waals surface area contributed by atoms with Crippen LogP contribution in [0.15, 0.2) is 24.3 Å². The average molecular weight is 441 g/mol. The Balaban J connectivity index is 1.53. The van der Waals surface area contributed by atoms with Crippen LogP contribution in [-0.4, -0.2) is 38.7 Å². The van der Waals surface area contributed by atoms with E-state index in [0.29, 0.717) is 18.0 Å². The number of nitrogens with zero attached hydrogens (tertiary/aromatic N) is 4. The first-order valence-electron chi connectivity index (χ1n) is 10.9. The van der Waals surface area contributed by atoms with Crippen LogP contribution in [0.3, 0.4) is 0 Å². The van der Waals surface area contributed by atoms with Crippen molar-refractivity contribution in [2.24, 2.45) is 5.92 Å². The lowest BCUT2D eigenvalue weighted by Crippen LogP contribution is -2.36. The molecule has 0 bridgehead atoms. The molecule has 0 spiro atoms. The van der Waals surface area contributed by atoms with Gasteiger partial charge in [-0.15, -0.1) is 11.3 Å². The number of rotatable bonds is 5. The minimum Gasteiger partial charge on any atom is -0.340 e. The van der Waals surface area contributed by atoms with E-state index in [-0.39, 0.29) is 18.3 Å². The fourth-order valence-electron chi connectivity index (χ4n) is 4.09. The summed E-state index contributed by atoms with van der Waals surface area (Å²) in [5.41, 5.74) is 4.42. The molecule has 0 unspecified atom stereocenters. The molecule has 7 heteroatoms. The number of hydrogen-bond acceptors (Lipinski definition) is 4. The van der Waals surface area contributed by atoms with Gasteiger partial charge in [0.05, 0.1) is 16.4 Å². The number of thiazole rings is 1. The van der Waals surface area contributed by atoms with Crippen LogP contribution < -0.4 is 0 Å². The number of aromatic nitrogens is 3. The second-order valence-electron chi connectivity index (χ2n) is 8.72. The summed E-state index contributed by atoms with van der Waals surface area (Å²) < 4.78 is 15.5. The fourth-order valence-corrected chi connectivity index (χ4v) is 5.06. The van der Waals surface area contributed by atoms with E-state index in [0.717, 1.165) is 53.5 Å². The minimum atomic E-state index is -0.222. The van der Waals surface area contributed by atoms with E-state index in [4.69, 9.17) is 5.10 Å². The first kappa shape index (κ1) is 21.7. The molecule has 1 aromatic carbocycles. The molecule has 31 heavy (non-hydrogen) atoms. The van der Waals surface area contributed by atoms with Crippen molar-refractivity contribution in [3.05, 3.63) is 56.9 Å². The molecule has 4 rings (SSSR count). The van der Waals surface area contributed by atoms with Crippen LogP contribution in [0.5, 0.6) is 0 Å². The van der Waals surface area contributed by atoms with Crippen molar-refractivity contribution in [1.29, 1.82) is 0 Å². The van der Waals surface area contributed by atoms with E-state index in [9.17, 15) is 9.18 Å². The highest BCUT2D eigenvalue weighted by Crippen LogP contribution is 2.25. The van der Waals surface area contributed by atoms with Crippen molar-refractivity contribution in [3.63, 3.8) is 0 Å². The number of carbonyl (C=O) groups excluding carboxylic acids is 1. The van der Waals surface area contributed by atoms with Gasteiger partial charge in [0.25, 0.3) is 0 Å². The first-order chi connectivity index (χ1) is 14.8. The SMILES string of the molecule is Cc1nc2c(s1)CCN(C(=O)Cn1nc(-c3ccc(F)c(C)c3)cc1CC(C)C)CC2. The third-order valence-corrected chi connectivity index (χ3v) is 6.76. The van der Waals surface area contributed by atoms with Crippen molar-refractivity contribution in [2.75, 3.05) is 13.1 Å². The highest BCUT2D eigenvalue weighted by Gasteiger charge is 2.22. The van der Waals surface area contributed by atoms with Crippen molar-refractivity contribution in [2.45, 2.75) is 53.5 Å². The molecule has 5 nitrogen and oxygen atoms in total. The van der Waals surface area contributed by atoms with Crippen LogP contribution >= 0.6 is 11.3 Å². The number of hydrogen-bond donors (Lipinski definition) is 0. The van der Waals surface area contributed by atoms with Gasteiger partial charge in [-0.3, -0.25) is 9.48 Å². The van der Waals surface area contributed by atoms with Gasteiger partial charge in [-0.05, 0) is 56.0 Å². The molecular weight excluding hydrogens is 411 g/mol. The molecule has 3 aromatic rings. The Hall–Kier alpha value is -2.54. The van der Waals surface area contributed by atoms with E-state index in [1.165, 1.54) is 10.9 Å². The molecule has 1 aliphatic rings. The van der Waals surface area contributed by atoms with E-state index < -0.39 is 0 Å². The van der Waals surface area contributed by atoms with Crippen molar-refractivity contribution >= 4 is 17.2 Å². The number of halogens is 1. The van der Waals surface area contributed by atoms with Gasteiger partial charge in [0.15, 0.2) is 0 Å². The predicted molar refractivity (Wildman–Crippen MR) is 122 cm³/mol. The van der Waals surface area contributed by atoms with Crippen molar-refractivity contribution < 1.29 is 9.18 Å². The second kappa shape index (κ2) is 8.91. The van der Waals surface area contributed by atoms with Crippen LogP contribution in [0.1, 0.15) is 40.7 Å². The van der Waals surface area contributed by atoms with E-state index in [1.54, 1.807) is 24.3 Å². The Morgan fingerprint density at radius 1 is 1.19 bits per heavy atom. The van der Waals surface area contributed by atoms with Crippen LogP contribution in [0.25, 0.3) is 11.3 Å². The number of benzene rings is 1. The van der Waals surface area contributed by atoms with Gasteiger partial charge in [0.2, 0.25) is 5.91 Å². The monoisotopic (exact) mass is 440 g/mol. The lowest BCUT2D eigenvalue weighted by atomic mass is 10.1. The van der Waals surface area contributed by atoms with E-state index in [1.807, 2.05) is 28.6 Å². The molecule has 0 N–H and O–H groups in total. The Labute approximate surface area is 186 Å². The third-order valence-electron chi connectivity index (χ3n) is 5.68. The Bertz CT molecular complexity index is 1080. The highest BCUT2D eigenvalue weighted by molar-refractivity contribution is 7.11. The molecule has 0 fully saturated rings. The predicted octanol–water partition coefficient (Wildman–Crippen LogP) is 4.59. The Morgan fingerprint density at radius 3 is 2.71 bits per heavy atom. The number of amides is 1. The highest BCUT2D eigenvalue weighted by atomic mass is 32.1. The third kappa shape index (κ3) is 4.87. The summed E-state index contributed by atoms with van der Waals surface area (Å²) in [5.74, 6) is 0.304. The van der Waals surface area contributed by atoms with Crippen LogP contribution in [-0.2, 0) is 30.6 Å². The molecule has 2 aromatic heterocycles. The Kier molecular flexibility index (Phi) is 6.23. The van der Waals surface area contributed by atoms with Gasteiger partial charge in [0.1, 0.15) is 12.4 Å². The maximum Gasteiger partial charge on any atom is 0.244 e. The number of fused-ring (bicyclic) bond motifs is 1. The van der Waals surface area contributed by atoms with E-state index in [2.05, 4.69) is 18.8 Å². The number of carbonyl (C=O) groups is 1. The lowest BCUT2D eigenvalue weighted by Gasteiger charge is -2.21. The summed E-state index contributed by atoms with van der Waals surface area (Å²) in [5, 5.41) is 5.84. The van der Waals surface area contributed by atoms with Gasteiger partial charge in [-0.1, -0.05) is 13.8 Å². The number of aryl methyl sites for hydroxylation is 2. The molecule has 0 saturated carbocycles. The summed E-state index contributed by atoms with van der Waals surface area (Å²) in [6.07, 6.45) is 2.51. The maximum absolute atomic E-state index is 13.7. The molecule has 0 aliphatic carbocycles.